The molecule has 0 spiro atoms. The van der Waals surface area contributed by atoms with Gasteiger partial charge >= 0.3 is 12.0 Å². The average Bonchev–Trinajstić information content (AvgIpc) is 3.59. The molecular weight excluding hydrogens is 710 g/mol. The van der Waals surface area contributed by atoms with Crippen LogP contribution in [0.5, 0.6) is 17.2 Å². The van der Waals surface area contributed by atoms with Crippen LogP contribution in [0.15, 0.2) is 52.6 Å². The third kappa shape index (κ3) is 5.39. The van der Waals surface area contributed by atoms with Crippen molar-refractivity contribution in [2.75, 3.05) is 13.9 Å². The molecule has 3 heterocycles. The third-order valence-electron chi connectivity index (χ3n) is 5.48. The van der Waals surface area contributed by atoms with Gasteiger partial charge in [-0.3, -0.25) is 9.69 Å². The molecule has 5 rings (SSSR count). The van der Waals surface area contributed by atoms with Crippen LogP contribution in [-0.2, 0) is 22.7 Å². The fourth-order valence-electron chi connectivity index (χ4n) is 3.70. The predicted octanol–water partition coefficient (Wildman–Crippen LogP) is 4.68. The molecule has 0 saturated carbocycles. The topological polar surface area (TPSA) is 117 Å². The molecule has 0 aliphatic carbocycles. The molecule has 2 aromatic carbocycles. The first-order valence-electron chi connectivity index (χ1n) is 10.8. The summed E-state index contributed by atoms with van der Waals surface area (Å²) in [5, 5.41) is 2.59. The SMILES string of the molecule is COC(=O)c1ccc(CN2C(=O)N/C(=C\c3cc(I)c(OCc4ccc5c(c4)OCO5)c(I)c3)C2=O)o1. The van der Waals surface area contributed by atoms with Gasteiger partial charge in [0.05, 0.1) is 20.8 Å². The Morgan fingerprint density at radius 3 is 2.59 bits per heavy atom. The van der Waals surface area contributed by atoms with Crippen LogP contribution in [0.2, 0.25) is 0 Å². The van der Waals surface area contributed by atoms with Gasteiger partial charge < -0.3 is 28.7 Å². The Balaban J connectivity index is 1.28. The number of rotatable bonds is 7. The number of imide groups is 1. The highest BCUT2D eigenvalue weighted by molar-refractivity contribution is 14.1. The monoisotopic (exact) mass is 728 g/mol. The highest BCUT2D eigenvalue weighted by atomic mass is 127. The summed E-state index contributed by atoms with van der Waals surface area (Å²) in [5.74, 6) is 1.24. The van der Waals surface area contributed by atoms with Crippen molar-refractivity contribution in [2.45, 2.75) is 13.2 Å². The summed E-state index contributed by atoms with van der Waals surface area (Å²) in [6, 6.07) is 11.7. The maximum Gasteiger partial charge on any atom is 0.373 e. The van der Waals surface area contributed by atoms with E-state index in [1.807, 2.05) is 30.3 Å². The number of benzene rings is 2. The van der Waals surface area contributed by atoms with Gasteiger partial charge in [-0.1, -0.05) is 6.07 Å². The number of methoxy groups -OCH3 is 1. The molecule has 0 bridgehead atoms. The van der Waals surface area contributed by atoms with E-state index in [-0.39, 0.29) is 30.6 Å². The fraction of sp³-hybridized carbons (Fsp3) is 0.160. The largest absolute Gasteiger partial charge is 0.487 e. The molecule has 0 radical (unpaired) electrons. The Hall–Kier alpha value is -3.27. The van der Waals surface area contributed by atoms with Crippen molar-refractivity contribution >= 4 is 69.2 Å². The van der Waals surface area contributed by atoms with E-state index in [9.17, 15) is 14.4 Å². The van der Waals surface area contributed by atoms with Crippen molar-refractivity contribution in [3.05, 3.63) is 77.9 Å². The lowest BCUT2D eigenvalue weighted by Crippen LogP contribution is -2.30. The maximum absolute atomic E-state index is 12.9. The molecule has 1 aromatic heterocycles. The first-order valence-corrected chi connectivity index (χ1v) is 13.0. The molecule has 0 atom stereocenters. The number of hydrogen-bond donors (Lipinski definition) is 1. The molecule has 12 heteroatoms. The van der Waals surface area contributed by atoms with E-state index in [4.69, 9.17) is 18.6 Å². The number of carbonyl (C=O) groups is 3. The number of nitrogens with one attached hydrogen (secondary N) is 1. The van der Waals surface area contributed by atoms with E-state index in [1.54, 1.807) is 6.08 Å². The van der Waals surface area contributed by atoms with E-state index < -0.39 is 17.9 Å². The van der Waals surface area contributed by atoms with Crippen LogP contribution in [-0.4, -0.2) is 36.7 Å². The highest BCUT2D eigenvalue weighted by Gasteiger charge is 2.34. The molecule has 37 heavy (non-hydrogen) atoms. The molecule has 10 nitrogen and oxygen atoms in total. The standard InChI is InChI=1S/C25H18I2N2O8/c1-33-24(31)20-5-3-15(37-20)10-29-23(30)18(28-25(29)32)8-14-6-16(26)22(17(27)7-14)34-11-13-2-4-19-21(9-13)36-12-35-19/h2-9H,10-12H2,1H3,(H,28,32)/b18-8-. The number of halogens is 2. The molecule has 1 N–H and O–H groups in total. The second kappa shape index (κ2) is 10.6. The number of amides is 3. The van der Waals surface area contributed by atoms with Crippen LogP contribution in [0.3, 0.4) is 0 Å². The van der Waals surface area contributed by atoms with Crippen LogP contribution < -0.4 is 19.5 Å². The van der Waals surface area contributed by atoms with Gasteiger partial charge in [0.25, 0.3) is 5.91 Å². The summed E-state index contributed by atoms with van der Waals surface area (Å²) in [6.07, 6.45) is 1.61. The molecule has 0 unspecified atom stereocenters. The Kier molecular flexibility index (Phi) is 7.28. The van der Waals surface area contributed by atoms with Crippen molar-refractivity contribution in [3.8, 4) is 17.2 Å². The van der Waals surface area contributed by atoms with E-state index in [2.05, 4.69) is 55.2 Å². The average molecular weight is 728 g/mol. The van der Waals surface area contributed by atoms with Gasteiger partial charge in [0.1, 0.15) is 23.8 Å². The maximum atomic E-state index is 12.9. The van der Waals surface area contributed by atoms with Crippen LogP contribution in [0.1, 0.15) is 27.4 Å². The lowest BCUT2D eigenvalue weighted by Gasteiger charge is -2.12. The lowest BCUT2D eigenvalue weighted by molar-refractivity contribution is -0.123. The molecular formula is C25H18I2N2O8. The summed E-state index contributed by atoms with van der Waals surface area (Å²) < 4.78 is 28.5. The second-order valence-electron chi connectivity index (χ2n) is 7.93. The highest BCUT2D eigenvalue weighted by Crippen LogP contribution is 2.34. The zero-order valence-corrected chi connectivity index (χ0v) is 23.5. The van der Waals surface area contributed by atoms with Gasteiger partial charge in [0, 0.05) is 0 Å². The number of nitrogens with zero attached hydrogens (tertiary/aromatic N) is 1. The summed E-state index contributed by atoms with van der Waals surface area (Å²) in [7, 11) is 1.24. The molecule has 1 saturated heterocycles. The van der Waals surface area contributed by atoms with Gasteiger partial charge in [0.15, 0.2) is 11.5 Å². The Morgan fingerprint density at radius 1 is 1.08 bits per heavy atom. The summed E-state index contributed by atoms with van der Waals surface area (Å²) in [5.41, 5.74) is 1.79. The third-order valence-corrected chi connectivity index (χ3v) is 7.08. The molecule has 2 aliphatic heterocycles. The summed E-state index contributed by atoms with van der Waals surface area (Å²) in [6.45, 7) is 0.435. The molecule has 3 aromatic rings. The van der Waals surface area contributed by atoms with Crippen LogP contribution >= 0.6 is 45.2 Å². The first kappa shape index (κ1) is 25.4. The van der Waals surface area contributed by atoms with Gasteiger partial charge in [-0.05, 0) is 98.8 Å². The zero-order valence-electron chi connectivity index (χ0n) is 19.2. The Labute approximate surface area is 238 Å². The number of furan rings is 1. The van der Waals surface area contributed by atoms with Crippen molar-refractivity contribution < 1.29 is 37.7 Å². The minimum absolute atomic E-state index is 0.00898. The van der Waals surface area contributed by atoms with Crippen molar-refractivity contribution in [1.82, 2.24) is 10.2 Å². The number of carbonyl (C=O) groups excluding carboxylic acids is 3. The van der Waals surface area contributed by atoms with E-state index >= 15 is 0 Å². The van der Waals surface area contributed by atoms with E-state index in [0.29, 0.717) is 23.9 Å². The predicted molar refractivity (Wildman–Crippen MR) is 146 cm³/mol. The first-order chi connectivity index (χ1) is 17.8. The number of hydrogen-bond acceptors (Lipinski definition) is 8. The minimum Gasteiger partial charge on any atom is -0.487 e. The number of ether oxygens (including phenoxy) is 4. The number of urea groups is 1. The van der Waals surface area contributed by atoms with Crippen molar-refractivity contribution in [1.29, 1.82) is 0 Å². The quantitative estimate of drug-likeness (QED) is 0.162. The van der Waals surface area contributed by atoms with Gasteiger partial charge in [-0.25, -0.2) is 9.59 Å². The van der Waals surface area contributed by atoms with Crippen LogP contribution in [0.25, 0.3) is 6.08 Å². The molecule has 2 aliphatic rings. The van der Waals surface area contributed by atoms with E-state index in [0.717, 1.165) is 23.2 Å². The van der Waals surface area contributed by atoms with Gasteiger partial charge in [-0.2, -0.15) is 0 Å². The van der Waals surface area contributed by atoms with E-state index in [1.165, 1.54) is 19.2 Å². The Bertz CT molecular complexity index is 1430. The molecule has 190 valence electrons. The molecule has 3 amide bonds. The minimum atomic E-state index is -0.642. The lowest BCUT2D eigenvalue weighted by atomic mass is 10.1. The number of fused-ring (bicyclic) bond motifs is 1. The fourth-order valence-corrected chi connectivity index (χ4v) is 5.83. The zero-order chi connectivity index (χ0) is 26.1. The second-order valence-corrected chi connectivity index (χ2v) is 10.3. The van der Waals surface area contributed by atoms with Crippen LogP contribution in [0, 0.1) is 7.14 Å². The summed E-state index contributed by atoms with van der Waals surface area (Å²) >= 11 is 4.35. The number of esters is 1. The Morgan fingerprint density at radius 2 is 1.84 bits per heavy atom. The normalized spacial score (nSPS) is 15.3. The van der Waals surface area contributed by atoms with Gasteiger partial charge in [-0.15, -0.1) is 0 Å². The van der Waals surface area contributed by atoms with Crippen molar-refractivity contribution in [3.63, 3.8) is 0 Å². The smallest absolute Gasteiger partial charge is 0.373 e. The summed E-state index contributed by atoms with van der Waals surface area (Å²) in [4.78, 5) is 37.9. The van der Waals surface area contributed by atoms with Crippen LogP contribution in [0.4, 0.5) is 4.79 Å². The van der Waals surface area contributed by atoms with Crippen molar-refractivity contribution in [2.24, 2.45) is 0 Å². The molecule has 1 fully saturated rings. The van der Waals surface area contributed by atoms with Gasteiger partial charge in [0.2, 0.25) is 12.6 Å².